The Morgan fingerprint density at radius 2 is 2.18 bits per heavy atom. The van der Waals surface area contributed by atoms with Gasteiger partial charge in [-0.3, -0.25) is 0 Å². The van der Waals surface area contributed by atoms with Crippen LogP contribution in [-0.2, 0) is 15.7 Å². The first-order chi connectivity index (χ1) is 7.95. The van der Waals surface area contributed by atoms with Crippen molar-refractivity contribution in [3.8, 4) is 5.75 Å². The van der Waals surface area contributed by atoms with Gasteiger partial charge in [-0.2, -0.15) is 0 Å². The van der Waals surface area contributed by atoms with Crippen LogP contribution in [0.25, 0.3) is 0 Å². The van der Waals surface area contributed by atoms with E-state index in [1.54, 1.807) is 6.07 Å². The summed E-state index contributed by atoms with van der Waals surface area (Å²) in [5.41, 5.74) is 0.794. The van der Waals surface area contributed by atoms with Crippen molar-refractivity contribution in [2.75, 3.05) is 0 Å². The third-order valence-corrected chi connectivity index (χ3v) is 4.15. The number of rotatable bonds is 4. The van der Waals surface area contributed by atoms with Crippen LogP contribution >= 0.6 is 9.69 Å². The van der Waals surface area contributed by atoms with E-state index in [9.17, 15) is 10.1 Å². The number of non-ortho nitro benzene ring substituents is 1. The van der Waals surface area contributed by atoms with Crippen LogP contribution in [0, 0.1) is 10.1 Å². The van der Waals surface area contributed by atoms with Crippen molar-refractivity contribution in [2.45, 2.75) is 26.9 Å². The summed E-state index contributed by atoms with van der Waals surface area (Å²) in [6.07, 6.45) is 0.0223. The molecule has 0 radical (unpaired) electrons. The maximum atomic E-state index is 10.7. The van der Waals surface area contributed by atoms with Gasteiger partial charge >= 0.3 is 111 Å². The van der Waals surface area contributed by atoms with Crippen LogP contribution in [0.3, 0.4) is 0 Å². The molecule has 0 saturated heterocycles. The van der Waals surface area contributed by atoms with Gasteiger partial charge in [0, 0.05) is 0 Å². The number of nitro benzene ring substituents is 1. The van der Waals surface area contributed by atoms with E-state index in [0.29, 0.717) is 5.75 Å². The Balaban J connectivity index is 3.26. The van der Waals surface area contributed by atoms with Crippen molar-refractivity contribution in [3.63, 3.8) is 0 Å². The van der Waals surface area contributed by atoms with Crippen LogP contribution in [0.15, 0.2) is 18.2 Å². The number of nitrogens with zero attached hydrogens (tertiary/aromatic N) is 1. The molecule has 0 spiro atoms. The van der Waals surface area contributed by atoms with E-state index < -0.39 is 20.6 Å². The second-order valence-electron chi connectivity index (χ2n) is 3.69. The van der Waals surface area contributed by atoms with Gasteiger partial charge in [0.1, 0.15) is 0 Å². The Labute approximate surface area is 111 Å². The van der Waals surface area contributed by atoms with Gasteiger partial charge in [0.2, 0.25) is 0 Å². The van der Waals surface area contributed by atoms with Crippen molar-refractivity contribution < 1.29 is 25.3 Å². The Kier molecular flexibility index (Phi) is 5.22. The van der Waals surface area contributed by atoms with Crippen LogP contribution in [-0.4, -0.2) is 15.1 Å². The molecule has 0 saturated carbocycles. The molecular weight excluding hydrogens is 331 g/mol. The van der Waals surface area contributed by atoms with Gasteiger partial charge in [-0.25, -0.2) is 0 Å². The van der Waals surface area contributed by atoms with Crippen LogP contribution < -0.4 is 4.74 Å². The van der Waals surface area contributed by atoms with Crippen molar-refractivity contribution >= 4 is 19.5 Å². The first kappa shape index (κ1) is 14.3. The molecule has 1 aromatic rings. The maximum absolute atomic E-state index is 10.7. The Morgan fingerprint density at radius 3 is 2.65 bits per heavy atom. The van der Waals surface area contributed by atoms with E-state index in [1.165, 1.54) is 12.1 Å². The molecule has 0 aliphatic rings. The minimum atomic E-state index is -0.452. The van der Waals surface area contributed by atoms with Crippen molar-refractivity contribution in [3.05, 3.63) is 33.9 Å². The molecule has 1 rings (SSSR count). The molecule has 0 amide bonds. The molecule has 6 heteroatoms. The molecule has 0 bridgehead atoms. The zero-order valence-corrected chi connectivity index (χ0v) is 12.2. The molecule has 1 aromatic carbocycles. The van der Waals surface area contributed by atoms with Crippen LogP contribution in [0.2, 0.25) is 0 Å². The molecule has 0 aliphatic heterocycles. The van der Waals surface area contributed by atoms with Crippen LogP contribution in [0.5, 0.6) is 5.75 Å². The number of benzene rings is 1. The average Bonchev–Trinajstić information content (AvgIpc) is 2.27. The molecule has 0 unspecified atom stereocenters. The second-order valence-corrected chi connectivity index (χ2v) is 6.11. The molecule has 0 fully saturated rings. The molecule has 0 atom stereocenters. The molecule has 95 valence electrons. The SMILES string of the molecule is C[C](=[Ru][Cl])c1cc([N+](=O)[O-])ccc1OC(C)C. The molecule has 17 heavy (non-hydrogen) atoms. The normalized spacial score (nSPS) is 12.2. The third kappa shape index (κ3) is 3.86. The number of ether oxygens (including phenoxy) is 1. The van der Waals surface area contributed by atoms with Crippen molar-refractivity contribution in [1.29, 1.82) is 0 Å². The summed E-state index contributed by atoms with van der Waals surface area (Å²) in [5.74, 6) is 0.651. The first-order valence-corrected chi connectivity index (χ1v) is 8.09. The molecule has 0 N–H and O–H groups in total. The fraction of sp³-hybridized carbons (Fsp3) is 0.364. The second kappa shape index (κ2) is 6.22. The third-order valence-electron chi connectivity index (χ3n) is 2.00. The van der Waals surface area contributed by atoms with E-state index in [0.717, 1.165) is 9.67 Å². The molecule has 0 aromatic heterocycles. The Bertz CT molecular complexity index is 460. The first-order valence-electron chi connectivity index (χ1n) is 4.98. The molecule has 0 aliphatic carbocycles. The molecule has 0 heterocycles. The quantitative estimate of drug-likeness (QED) is 0.479. The van der Waals surface area contributed by atoms with Gasteiger partial charge in [-0.05, 0) is 0 Å². The predicted molar refractivity (Wildman–Crippen MR) is 64.5 cm³/mol. The van der Waals surface area contributed by atoms with Crippen LogP contribution in [0.1, 0.15) is 26.3 Å². The predicted octanol–water partition coefficient (Wildman–Crippen LogP) is 3.16. The van der Waals surface area contributed by atoms with E-state index >= 15 is 0 Å². The van der Waals surface area contributed by atoms with Gasteiger partial charge in [0.05, 0.1) is 0 Å². The minimum absolute atomic E-state index is 0.0223. The van der Waals surface area contributed by atoms with Crippen molar-refractivity contribution in [2.24, 2.45) is 0 Å². The molecular formula is C11H13ClNO3Ru. The summed E-state index contributed by atoms with van der Waals surface area (Å²) in [6, 6.07) is 4.59. The average molecular weight is 344 g/mol. The summed E-state index contributed by atoms with van der Waals surface area (Å²) in [7, 11) is 5.85. The fourth-order valence-corrected chi connectivity index (χ4v) is 2.23. The number of hydrogen-bond donors (Lipinski definition) is 0. The van der Waals surface area contributed by atoms with Crippen molar-refractivity contribution in [1.82, 2.24) is 0 Å². The van der Waals surface area contributed by atoms with Gasteiger partial charge in [-0.1, -0.05) is 0 Å². The van der Waals surface area contributed by atoms with Gasteiger partial charge in [-0.15, -0.1) is 0 Å². The Morgan fingerprint density at radius 1 is 1.53 bits per heavy atom. The number of halogens is 1. The Hall–Kier alpha value is -0.797. The van der Waals surface area contributed by atoms with Gasteiger partial charge in [0.25, 0.3) is 0 Å². The summed E-state index contributed by atoms with van der Waals surface area (Å²) in [6.45, 7) is 5.70. The van der Waals surface area contributed by atoms with Gasteiger partial charge in [0.15, 0.2) is 0 Å². The zero-order chi connectivity index (χ0) is 13.0. The topological polar surface area (TPSA) is 52.4 Å². The number of nitro groups is 1. The summed E-state index contributed by atoms with van der Waals surface area (Å²) in [5, 5.41) is 10.7. The van der Waals surface area contributed by atoms with Crippen LogP contribution in [0.4, 0.5) is 5.69 Å². The standard InChI is InChI=1S/C11H13NO3.ClH.Ru/c1-4-9-7-10(12(13)14)5-6-11(9)15-8(2)3;;/h5-8H,1-3H3;1H;/q;;+1/p-1. The summed E-state index contributed by atoms with van der Waals surface area (Å²) >= 11 is -0.452. The van der Waals surface area contributed by atoms with E-state index in [-0.39, 0.29) is 11.8 Å². The van der Waals surface area contributed by atoms with E-state index in [2.05, 4.69) is 0 Å². The van der Waals surface area contributed by atoms with E-state index in [1.807, 2.05) is 20.8 Å². The zero-order valence-electron chi connectivity index (χ0n) is 9.71. The summed E-state index contributed by atoms with van der Waals surface area (Å²) < 4.78 is 6.56. The fourth-order valence-electron chi connectivity index (χ4n) is 1.29. The summed E-state index contributed by atoms with van der Waals surface area (Å²) in [4.78, 5) is 10.3. The van der Waals surface area contributed by atoms with Gasteiger partial charge < -0.3 is 0 Å². The molecule has 4 nitrogen and oxygen atoms in total. The number of hydrogen-bond acceptors (Lipinski definition) is 3. The monoisotopic (exact) mass is 344 g/mol. The van der Waals surface area contributed by atoms with E-state index in [4.69, 9.17) is 14.4 Å².